The molecule has 0 aliphatic carbocycles. The van der Waals surface area contributed by atoms with Crippen LogP contribution in [0.3, 0.4) is 0 Å². The molecule has 0 radical (unpaired) electrons. The molecule has 7 heteroatoms. The van der Waals surface area contributed by atoms with E-state index in [1.54, 1.807) is 0 Å². The standard InChI is InChI=1S/C9H5NO5S/c11-4-6-5-16(14,15)9-2-1-7(10(12)13)3-8(6)9/h1-5H. The average molecular weight is 239 g/mol. The van der Waals surface area contributed by atoms with Gasteiger partial charge in [-0.3, -0.25) is 14.9 Å². The number of nitrogens with zero attached hydrogens (tertiary/aromatic N) is 1. The van der Waals surface area contributed by atoms with Gasteiger partial charge in [0.2, 0.25) is 9.84 Å². The SMILES string of the molecule is O=CC1=CS(=O)(=O)c2ccc([N+](=O)[O-])cc21. The summed E-state index contributed by atoms with van der Waals surface area (Å²) >= 11 is 0. The third-order valence-electron chi connectivity index (χ3n) is 2.20. The summed E-state index contributed by atoms with van der Waals surface area (Å²) in [5, 5.41) is 11.3. The van der Waals surface area contributed by atoms with Gasteiger partial charge in [-0.1, -0.05) is 0 Å². The zero-order valence-electron chi connectivity index (χ0n) is 7.78. The van der Waals surface area contributed by atoms with Crippen LogP contribution in [0.2, 0.25) is 0 Å². The monoisotopic (exact) mass is 239 g/mol. The minimum Gasteiger partial charge on any atom is -0.298 e. The molecule has 0 amide bonds. The lowest BCUT2D eigenvalue weighted by atomic mass is 10.1. The molecule has 1 aromatic rings. The lowest BCUT2D eigenvalue weighted by Crippen LogP contribution is -1.95. The second kappa shape index (κ2) is 3.24. The van der Waals surface area contributed by atoms with Crippen molar-refractivity contribution >= 4 is 27.4 Å². The number of hydrogen-bond donors (Lipinski definition) is 0. The minimum absolute atomic E-state index is 0.0568. The highest BCUT2D eigenvalue weighted by Gasteiger charge is 2.28. The third kappa shape index (κ3) is 1.41. The number of hydrogen-bond acceptors (Lipinski definition) is 5. The first-order valence-corrected chi connectivity index (χ1v) is 5.71. The van der Waals surface area contributed by atoms with E-state index in [0.717, 1.165) is 23.6 Å². The summed E-state index contributed by atoms with van der Waals surface area (Å²) in [7, 11) is -3.63. The topological polar surface area (TPSA) is 94.3 Å². The summed E-state index contributed by atoms with van der Waals surface area (Å²) in [5.74, 6) is 0. The smallest absolute Gasteiger partial charge is 0.270 e. The number of fused-ring (bicyclic) bond motifs is 1. The molecule has 0 fully saturated rings. The van der Waals surface area contributed by atoms with Gasteiger partial charge in [-0.05, 0) is 6.07 Å². The maximum atomic E-state index is 11.5. The van der Waals surface area contributed by atoms with E-state index in [9.17, 15) is 23.3 Å². The molecule has 0 spiro atoms. The Morgan fingerprint density at radius 1 is 1.31 bits per heavy atom. The van der Waals surface area contributed by atoms with E-state index in [1.165, 1.54) is 0 Å². The zero-order valence-corrected chi connectivity index (χ0v) is 8.60. The van der Waals surface area contributed by atoms with E-state index >= 15 is 0 Å². The van der Waals surface area contributed by atoms with E-state index in [4.69, 9.17) is 0 Å². The number of nitro groups is 1. The van der Waals surface area contributed by atoms with Gasteiger partial charge in [-0.25, -0.2) is 8.42 Å². The Bertz CT molecular complexity index is 629. The van der Waals surface area contributed by atoms with Crippen LogP contribution in [0.25, 0.3) is 5.57 Å². The molecule has 0 N–H and O–H groups in total. The van der Waals surface area contributed by atoms with Gasteiger partial charge in [-0.2, -0.15) is 0 Å². The van der Waals surface area contributed by atoms with Crippen molar-refractivity contribution in [2.75, 3.05) is 0 Å². The van der Waals surface area contributed by atoms with Gasteiger partial charge in [0.25, 0.3) is 5.69 Å². The van der Waals surface area contributed by atoms with E-state index in [0.29, 0.717) is 6.29 Å². The van der Waals surface area contributed by atoms with Gasteiger partial charge in [0.15, 0.2) is 6.29 Å². The van der Waals surface area contributed by atoms with Crippen molar-refractivity contribution in [3.05, 3.63) is 39.3 Å². The van der Waals surface area contributed by atoms with Gasteiger partial charge in [0, 0.05) is 28.7 Å². The van der Waals surface area contributed by atoms with Gasteiger partial charge >= 0.3 is 0 Å². The molecule has 1 heterocycles. The Morgan fingerprint density at radius 2 is 2.00 bits per heavy atom. The molecule has 0 bridgehead atoms. The number of allylic oxidation sites excluding steroid dienone is 1. The second-order valence-electron chi connectivity index (χ2n) is 3.17. The number of non-ortho nitro benzene ring substituents is 1. The van der Waals surface area contributed by atoms with Crippen molar-refractivity contribution in [3.63, 3.8) is 0 Å². The van der Waals surface area contributed by atoms with Crippen molar-refractivity contribution < 1.29 is 18.1 Å². The maximum absolute atomic E-state index is 11.5. The average Bonchev–Trinajstić information content (AvgIpc) is 2.50. The number of nitro benzene ring substituents is 1. The molecule has 0 atom stereocenters. The van der Waals surface area contributed by atoms with Crippen LogP contribution in [-0.2, 0) is 14.6 Å². The fourth-order valence-corrected chi connectivity index (χ4v) is 2.88. The van der Waals surface area contributed by atoms with Crippen LogP contribution < -0.4 is 0 Å². The molecule has 0 unspecified atom stereocenters. The predicted molar refractivity (Wildman–Crippen MR) is 54.3 cm³/mol. The zero-order chi connectivity index (χ0) is 11.9. The van der Waals surface area contributed by atoms with E-state index < -0.39 is 14.8 Å². The van der Waals surface area contributed by atoms with Crippen molar-refractivity contribution in [3.8, 4) is 0 Å². The molecule has 0 aromatic heterocycles. The molecule has 6 nitrogen and oxygen atoms in total. The van der Waals surface area contributed by atoms with Crippen LogP contribution in [0.1, 0.15) is 5.56 Å². The van der Waals surface area contributed by atoms with Crippen LogP contribution >= 0.6 is 0 Å². The summed E-state index contributed by atoms with van der Waals surface area (Å²) in [6, 6.07) is 3.31. The fraction of sp³-hybridized carbons (Fsp3) is 0. The molecule has 0 saturated carbocycles. The predicted octanol–water partition coefficient (Wildman–Crippen LogP) is 0.922. The van der Waals surface area contributed by atoms with Crippen LogP contribution in [0, 0.1) is 10.1 Å². The third-order valence-corrected chi connectivity index (χ3v) is 3.73. The molecular formula is C9H5NO5S. The largest absolute Gasteiger partial charge is 0.298 e. The van der Waals surface area contributed by atoms with Crippen molar-refractivity contribution in [1.82, 2.24) is 0 Å². The summed E-state index contributed by atoms with van der Waals surface area (Å²) < 4.78 is 23.0. The van der Waals surface area contributed by atoms with E-state index in [2.05, 4.69) is 0 Å². The first kappa shape index (κ1) is 10.5. The second-order valence-corrected chi connectivity index (χ2v) is 4.94. The van der Waals surface area contributed by atoms with E-state index in [1.807, 2.05) is 0 Å². The lowest BCUT2D eigenvalue weighted by Gasteiger charge is -1.98. The lowest BCUT2D eigenvalue weighted by molar-refractivity contribution is -0.384. The quantitative estimate of drug-likeness (QED) is 0.434. The fourth-order valence-electron chi connectivity index (χ4n) is 1.49. The molecule has 1 aliphatic rings. The first-order valence-electron chi connectivity index (χ1n) is 4.16. The molecule has 1 aromatic carbocycles. The number of rotatable bonds is 2. The Morgan fingerprint density at radius 3 is 2.56 bits per heavy atom. The highest BCUT2D eigenvalue weighted by Crippen LogP contribution is 2.34. The molecular weight excluding hydrogens is 234 g/mol. The number of benzene rings is 1. The molecule has 2 rings (SSSR count). The Hall–Kier alpha value is -2.02. The summed E-state index contributed by atoms with van der Waals surface area (Å²) in [4.78, 5) is 20.4. The van der Waals surface area contributed by atoms with Gasteiger partial charge < -0.3 is 0 Å². The minimum atomic E-state index is -3.63. The van der Waals surface area contributed by atoms with Crippen molar-refractivity contribution in [2.45, 2.75) is 4.90 Å². The van der Waals surface area contributed by atoms with Crippen LogP contribution in [0.5, 0.6) is 0 Å². The van der Waals surface area contributed by atoms with Crippen molar-refractivity contribution in [1.29, 1.82) is 0 Å². The Balaban J connectivity index is 2.74. The number of sulfone groups is 1. The number of carbonyl (C=O) groups excluding carboxylic acids is 1. The van der Waals surface area contributed by atoms with Gasteiger partial charge in [0.1, 0.15) is 0 Å². The van der Waals surface area contributed by atoms with Crippen LogP contribution in [0.4, 0.5) is 5.69 Å². The summed E-state index contributed by atoms with van der Waals surface area (Å²) in [6.07, 6.45) is 0.368. The van der Waals surface area contributed by atoms with Crippen LogP contribution in [-0.4, -0.2) is 19.6 Å². The number of aldehydes is 1. The highest BCUT2D eigenvalue weighted by atomic mass is 32.2. The number of carbonyl (C=O) groups is 1. The highest BCUT2D eigenvalue weighted by molar-refractivity contribution is 7.95. The van der Waals surface area contributed by atoms with Crippen LogP contribution in [0.15, 0.2) is 28.5 Å². The summed E-state index contributed by atoms with van der Waals surface area (Å²) in [5.41, 5.74) is -0.216. The first-order chi connectivity index (χ1) is 7.45. The van der Waals surface area contributed by atoms with Gasteiger partial charge in [0.05, 0.1) is 9.82 Å². The Labute approximate surface area is 90.3 Å². The molecule has 16 heavy (non-hydrogen) atoms. The van der Waals surface area contributed by atoms with Crippen molar-refractivity contribution in [2.24, 2.45) is 0 Å². The molecule has 1 aliphatic heterocycles. The Kier molecular flexibility index (Phi) is 2.13. The molecule has 0 saturated heterocycles. The molecule has 82 valence electrons. The summed E-state index contributed by atoms with van der Waals surface area (Å²) in [6.45, 7) is 0. The maximum Gasteiger partial charge on any atom is 0.270 e. The van der Waals surface area contributed by atoms with Gasteiger partial charge in [-0.15, -0.1) is 0 Å². The van der Waals surface area contributed by atoms with E-state index in [-0.39, 0.29) is 21.7 Å². The normalized spacial score (nSPS) is 16.4.